The zero-order valence-corrected chi connectivity index (χ0v) is 14.0. The highest BCUT2D eigenvalue weighted by molar-refractivity contribution is 14.1. The second-order valence-electron chi connectivity index (χ2n) is 4.86. The molecule has 108 valence electrons. The van der Waals surface area contributed by atoms with Crippen molar-refractivity contribution in [3.63, 3.8) is 0 Å². The van der Waals surface area contributed by atoms with E-state index in [0.29, 0.717) is 30.6 Å². The van der Waals surface area contributed by atoms with Crippen LogP contribution in [0.25, 0.3) is 0 Å². The van der Waals surface area contributed by atoms with Gasteiger partial charge in [0.15, 0.2) is 0 Å². The quantitative estimate of drug-likeness (QED) is 0.770. The van der Waals surface area contributed by atoms with Crippen molar-refractivity contribution in [3.05, 3.63) is 54.8 Å². The molecule has 0 saturated carbocycles. The average Bonchev–Trinajstić information content (AvgIpc) is 2.91. The fraction of sp³-hybridized carbons (Fsp3) is 0.200. The Balaban J connectivity index is 1.86. The van der Waals surface area contributed by atoms with Crippen LogP contribution in [0.3, 0.4) is 0 Å². The third-order valence-electron chi connectivity index (χ3n) is 3.60. The van der Waals surface area contributed by atoms with Crippen molar-refractivity contribution in [2.24, 2.45) is 0 Å². The summed E-state index contributed by atoms with van der Waals surface area (Å²) >= 11 is 3.75. The molecule has 21 heavy (non-hydrogen) atoms. The van der Waals surface area contributed by atoms with Crippen LogP contribution in [0, 0.1) is 2.88 Å². The minimum Gasteiger partial charge on any atom is -0.478 e. The Morgan fingerprint density at radius 1 is 1.33 bits per heavy atom. The molecule has 1 amide bonds. The molecule has 0 saturated heterocycles. The van der Waals surface area contributed by atoms with Gasteiger partial charge in [-0.1, -0.05) is 12.1 Å². The van der Waals surface area contributed by atoms with Crippen molar-refractivity contribution in [3.8, 4) is 0 Å². The van der Waals surface area contributed by atoms with E-state index < -0.39 is 5.97 Å². The zero-order valence-electron chi connectivity index (χ0n) is 11.0. The third kappa shape index (κ3) is 2.82. The monoisotopic (exact) mass is 413 g/mol. The van der Waals surface area contributed by atoms with Gasteiger partial charge in [0.2, 0.25) is 0 Å². The number of hydrogen-bond donors (Lipinski definition) is 1. The van der Waals surface area contributed by atoms with Gasteiger partial charge >= 0.3 is 5.97 Å². The Kier molecular flexibility index (Phi) is 3.99. The molecule has 0 bridgehead atoms. The maximum Gasteiger partial charge on any atom is 0.335 e. The first-order valence-corrected chi connectivity index (χ1v) is 8.39. The lowest BCUT2D eigenvalue weighted by Crippen LogP contribution is -2.36. The number of fused-ring (bicyclic) bond motifs is 1. The lowest BCUT2D eigenvalue weighted by molar-refractivity contribution is 0.0694. The third-order valence-corrected chi connectivity index (χ3v) is 5.39. The second-order valence-corrected chi connectivity index (χ2v) is 7.67. The summed E-state index contributed by atoms with van der Waals surface area (Å²) in [5.41, 5.74) is 2.85. The molecule has 0 radical (unpaired) electrons. The minimum atomic E-state index is -0.904. The summed E-state index contributed by atoms with van der Waals surface area (Å²) in [4.78, 5) is 25.5. The number of carboxylic acid groups (broad SMARTS) is 1. The van der Waals surface area contributed by atoms with E-state index in [2.05, 4.69) is 22.6 Å². The van der Waals surface area contributed by atoms with Crippen LogP contribution in [0.4, 0.5) is 0 Å². The highest BCUT2D eigenvalue weighted by atomic mass is 127. The average molecular weight is 413 g/mol. The standard InChI is InChI=1S/C15H12INO3S/c16-13-6-10(8-21-13)14(18)17-5-4-11-9(7-17)2-1-3-12(11)15(19)20/h1-3,6,8H,4-5,7H2,(H,19,20). The molecule has 0 aliphatic carbocycles. The van der Waals surface area contributed by atoms with E-state index in [1.54, 1.807) is 28.4 Å². The van der Waals surface area contributed by atoms with Crippen LogP contribution in [0.5, 0.6) is 0 Å². The summed E-state index contributed by atoms with van der Waals surface area (Å²) < 4.78 is 1.08. The molecule has 2 aromatic rings. The van der Waals surface area contributed by atoms with Crippen LogP contribution in [0.15, 0.2) is 29.6 Å². The van der Waals surface area contributed by atoms with Crippen molar-refractivity contribution in [2.75, 3.05) is 6.54 Å². The van der Waals surface area contributed by atoms with Crippen LogP contribution in [-0.4, -0.2) is 28.4 Å². The van der Waals surface area contributed by atoms with Crippen LogP contribution in [0.1, 0.15) is 31.8 Å². The fourth-order valence-corrected chi connectivity index (χ4v) is 3.91. The van der Waals surface area contributed by atoms with Crippen molar-refractivity contribution < 1.29 is 14.7 Å². The normalized spacial score (nSPS) is 13.9. The van der Waals surface area contributed by atoms with Gasteiger partial charge in [0.1, 0.15) is 0 Å². The molecule has 2 heterocycles. The topological polar surface area (TPSA) is 57.6 Å². The molecule has 6 heteroatoms. The number of benzene rings is 1. The summed E-state index contributed by atoms with van der Waals surface area (Å²) in [6, 6.07) is 7.15. The summed E-state index contributed by atoms with van der Waals surface area (Å²) in [7, 11) is 0. The van der Waals surface area contributed by atoms with Gasteiger partial charge in [-0.2, -0.15) is 0 Å². The minimum absolute atomic E-state index is 0.0144. The van der Waals surface area contributed by atoms with E-state index in [0.717, 1.165) is 14.0 Å². The summed E-state index contributed by atoms with van der Waals surface area (Å²) in [5.74, 6) is -0.889. The number of halogens is 1. The van der Waals surface area contributed by atoms with Gasteiger partial charge in [-0.3, -0.25) is 4.79 Å². The lowest BCUT2D eigenvalue weighted by Gasteiger charge is -2.29. The number of rotatable bonds is 2. The highest BCUT2D eigenvalue weighted by Crippen LogP contribution is 2.25. The maximum atomic E-state index is 12.5. The van der Waals surface area contributed by atoms with Crippen LogP contribution in [-0.2, 0) is 13.0 Å². The number of hydrogen-bond acceptors (Lipinski definition) is 3. The smallest absolute Gasteiger partial charge is 0.335 e. The van der Waals surface area contributed by atoms with Gasteiger partial charge in [-0.15, -0.1) is 11.3 Å². The Hall–Kier alpha value is -1.41. The van der Waals surface area contributed by atoms with E-state index in [9.17, 15) is 14.7 Å². The molecule has 0 fully saturated rings. The Labute approximate surface area is 139 Å². The van der Waals surface area contributed by atoms with Crippen molar-refractivity contribution in [1.29, 1.82) is 0 Å². The number of carbonyl (C=O) groups excluding carboxylic acids is 1. The Morgan fingerprint density at radius 2 is 2.14 bits per heavy atom. The molecule has 1 aliphatic heterocycles. The molecule has 3 rings (SSSR count). The number of nitrogens with zero attached hydrogens (tertiary/aromatic N) is 1. The number of carboxylic acids is 1. The molecule has 1 N–H and O–H groups in total. The van der Waals surface area contributed by atoms with Crippen molar-refractivity contribution >= 4 is 45.8 Å². The summed E-state index contributed by atoms with van der Waals surface area (Å²) in [6.07, 6.45) is 0.588. The van der Waals surface area contributed by atoms with E-state index in [4.69, 9.17) is 0 Å². The lowest BCUT2D eigenvalue weighted by atomic mass is 9.94. The first-order chi connectivity index (χ1) is 10.1. The molecule has 1 aromatic heterocycles. The number of aromatic carboxylic acids is 1. The van der Waals surface area contributed by atoms with Gasteiger partial charge in [0.05, 0.1) is 14.0 Å². The SMILES string of the molecule is O=C(O)c1cccc2c1CCN(C(=O)c1csc(I)c1)C2. The summed E-state index contributed by atoms with van der Waals surface area (Å²) in [5, 5.41) is 11.1. The van der Waals surface area contributed by atoms with E-state index in [1.165, 1.54) is 0 Å². The van der Waals surface area contributed by atoms with Crippen molar-refractivity contribution in [2.45, 2.75) is 13.0 Å². The van der Waals surface area contributed by atoms with Gasteiger partial charge in [-0.05, 0) is 52.3 Å². The molecule has 0 atom stereocenters. The molecular formula is C15H12INO3S. The zero-order chi connectivity index (χ0) is 15.0. The largest absolute Gasteiger partial charge is 0.478 e. The van der Waals surface area contributed by atoms with Gasteiger partial charge in [0, 0.05) is 18.5 Å². The maximum absolute atomic E-state index is 12.5. The van der Waals surface area contributed by atoms with Crippen LogP contribution in [0.2, 0.25) is 0 Å². The van der Waals surface area contributed by atoms with Crippen molar-refractivity contribution in [1.82, 2.24) is 4.90 Å². The number of amides is 1. The molecule has 1 aliphatic rings. The van der Waals surface area contributed by atoms with E-state index in [-0.39, 0.29) is 5.91 Å². The first-order valence-electron chi connectivity index (χ1n) is 6.43. The predicted octanol–water partition coefficient (Wildman–Crippen LogP) is 3.25. The predicted molar refractivity (Wildman–Crippen MR) is 88.9 cm³/mol. The van der Waals surface area contributed by atoms with Gasteiger partial charge < -0.3 is 10.0 Å². The van der Waals surface area contributed by atoms with E-state index >= 15 is 0 Å². The van der Waals surface area contributed by atoms with E-state index in [1.807, 2.05) is 17.5 Å². The molecular weight excluding hydrogens is 401 g/mol. The fourth-order valence-electron chi connectivity index (χ4n) is 2.59. The summed E-state index contributed by atoms with van der Waals surface area (Å²) in [6.45, 7) is 1.03. The van der Waals surface area contributed by atoms with Gasteiger partial charge in [-0.25, -0.2) is 4.79 Å². The van der Waals surface area contributed by atoms with Gasteiger partial charge in [0.25, 0.3) is 5.91 Å². The molecule has 1 aromatic carbocycles. The molecule has 4 nitrogen and oxygen atoms in total. The molecule has 0 spiro atoms. The van der Waals surface area contributed by atoms with Crippen LogP contribution < -0.4 is 0 Å². The first kappa shape index (κ1) is 14.5. The molecule has 0 unspecified atom stereocenters. The number of carbonyl (C=O) groups is 2. The highest BCUT2D eigenvalue weighted by Gasteiger charge is 2.25. The number of thiophene rings is 1. The van der Waals surface area contributed by atoms with Crippen LogP contribution >= 0.6 is 33.9 Å². The second kappa shape index (κ2) is 5.76. The Morgan fingerprint density at radius 3 is 2.81 bits per heavy atom. The Bertz CT molecular complexity index is 725.